The minimum atomic E-state index is -0.260. The normalized spacial score (nSPS) is 9.90. The quantitative estimate of drug-likeness (QED) is 0.590. The summed E-state index contributed by atoms with van der Waals surface area (Å²) in [5.74, 6) is -0.260. The summed E-state index contributed by atoms with van der Waals surface area (Å²) in [6.07, 6.45) is 0.817. The number of hydrogen-bond acceptors (Lipinski definition) is 0. The van der Waals surface area contributed by atoms with Crippen molar-refractivity contribution in [2.45, 2.75) is 13.3 Å². The molecule has 0 N–H and O–H groups in total. The SMILES string of the molecule is CCc1cc(F)cc(Cl)c1. The lowest BCUT2D eigenvalue weighted by molar-refractivity contribution is 0.626. The van der Waals surface area contributed by atoms with Crippen molar-refractivity contribution in [3.63, 3.8) is 0 Å². The molecule has 10 heavy (non-hydrogen) atoms. The summed E-state index contributed by atoms with van der Waals surface area (Å²) in [5, 5.41) is 0.469. The first-order valence-corrected chi connectivity index (χ1v) is 3.55. The summed E-state index contributed by atoms with van der Waals surface area (Å²) in [6.45, 7) is 1.96. The van der Waals surface area contributed by atoms with Crippen molar-refractivity contribution in [1.82, 2.24) is 0 Å². The van der Waals surface area contributed by atoms with Gasteiger partial charge in [0.05, 0.1) is 0 Å². The maximum Gasteiger partial charge on any atom is 0.124 e. The van der Waals surface area contributed by atoms with Crippen LogP contribution in [0.1, 0.15) is 12.5 Å². The zero-order valence-electron chi connectivity index (χ0n) is 5.70. The monoisotopic (exact) mass is 158 g/mol. The fraction of sp³-hybridized carbons (Fsp3) is 0.250. The Morgan fingerprint density at radius 2 is 2.10 bits per heavy atom. The number of benzene rings is 1. The van der Waals surface area contributed by atoms with E-state index >= 15 is 0 Å². The molecule has 54 valence electrons. The average Bonchev–Trinajstić information content (AvgIpc) is 1.85. The number of aryl methyl sites for hydroxylation is 1. The number of hydrogen-bond donors (Lipinski definition) is 0. The van der Waals surface area contributed by atoms with Crippen molar-refractivity contribution in [3.8, 4) is 0 Å². The van der Waals surface area contributed by atoms with E-state index in [1.807, 2.05) is 6.92 Å². The van der Waals surface area contributed by atoms with Gasteiger partial charge >= 0.3 is 0 Å². The molecule has 0 bridgehead atoms. The summed E-state index contributed by atoms with van der Waals surface area (Å²) in [7, 11) is 0. The van der Waals surface area contributed by atoms with Crippen LogP contribution in [0.3, 0.4) is 0 Å². The number of halogens is 2. The lowest BCUT2D eigenvalue weighted by atomic mass is 10.2. The van der Waals surface area contributed by atoms with Crippen LogP contribution in [-0.2, 0) is 6.42 Å². The Labute approximate surface area is 64.6 Å². The zero-order valence-corrected chi connectivity index (χ0v) is 6.45. The molecule has 1 aromatic rings. The van der Waals surface area contributed by atoms with Gasteiger partial charge in [-0.3, -0.25) is 0 Å². The summed E-state index contributed by atoms with van der Waals surface area (Å²) >= 11 is 5.59. The van der Waals surface area contributed by atoms with Crippen molar-refractivity contribution in [3.05, 3.63) is 34.6 Å². The minimum Gasteiger partial charge on any atom is -0.207 e. The third-order valence-electron chi connectivity index (χ3n) is 1.33. The third-order valence-corrected chi connectivity index (χ3v) is 1.55. The summed E-state index contributed by atoms with van der Waals surface area (Å²) < 4.78 is 12.5. The second kappa shape index (κ2) is 3.02. The molecule has 0 amide bonds. The fourth-order valence-electron chi connectivity index (χ4n) is 0.815. The van der Waals surface area contributed by atoms with Gasteiger partial charge in [-0.15, -0.1) is 0 Å². The van der Waals surface area contributed by atoms with E-state index in [2.05, 4.69) is 0 Å². The molecular formula is C8H8ClF. The molecule has 0 saturated heterocycles. The Morgan fingerprint density at radius 3 is 2.60 bits per heavy atom. The smallest absolute Gasteiger partial charge is 0.124 e. The van der Waals surface area contributed by atoms with E-state index in [1.54, 1.807) is 6.07 Å². The first-order chi connectivity index (χ1) is 4.72. The topological polar surface area (TPSA) is 0 Å². The Morgan fingerprint density at radius 1 is 1.40 bits per heavy atom. The van der Waals surface area contributed by atoms with Gasteiger partial charge in [0.25, 0.3) is 0 Å². The lowest BCUT2D eigenvalue weighted by Gasteiger charge is -1.96. The van der Waals surface area contributed by atoms with E-state index in [0.717, 1.165) is 12.0 Å². The molecule has 1 rings (SSSR count). The Kier molecular flexibility index (Phi) is 2.28. The van der Waals surface area contributed by atoms with Crippen molar-refractivity contribution in [2.24, 2.45) is 0 Å². The second-order valence-electron chi connectivity index (χ2n) is 2.13. The largest absolute Gasteiger partial charge is 0.207 e. The molecule has 0 aliphatic rings. The maximum atomic E-state index is 12.5. The number of rotatable bonds is 1. The Hall–Kier alpha value is -0.560. The molecule has 0 unspecified atom stereocenters. The molecule has 0 spiro atoms. The highest BCUT2D eigenvalue weighted by Gasteiger charge is 1.95. The van der Waals surface area contributed by atoms with Gasteiger partial charge in [0.2, 0.25) is 0 Å². The van der Waals surface area contributed by atoms with Gasteiger partial charge in [0, 0.05) is 5.02 Å². The average molecular weight is 159 g/mol. The van der Waals surface area contributed by atoms with E-state index in [9.17, 15) is 4.39 Å². The van der Waals surface area contributed by atoms with Gasteiger partial charge in [-0.25, -0.2) is 4.39 Å². The highest BCUT2D eigenvalue weighted by molar-refractivity contribution is 6.30. The minimum absolute atomic E-state index is 0.260. The van der Waals surface area contributed by atoms with E-state index in [0.29, 0.717) is 5.02 Å². The first kappa shape index (κ1) is 7.55. The van der Waals surface area contributed by atoms with Crippen LogP contribution in [0.4, 0.5) is 4.39 Å². The van der Waals surface area contributed by atoms with Gasteiger partial charge in [-0.2, -0.15) is 0 Å². The lowest BCUT2D eigenvalue weighted by Crippen LogP contribution is -1.81. The van der Waals surface area contributed by atoms with Crippen molar-refractivity contribution < 1.29 is 4.39 Å². The van der Waals surface area contributed by atoms with Crippen LogP contribution in [0.5, 0.6) is 0 Å². The summed E-state index contributed by atoms with van der Waals surface area (Å²) in [5.41, 5.74) is 0.935. The van der Waals surface area contributed by atoms with Crippen molar-refractivity contribution in [1.29, 1.82) is 0 Å². The van der Waals surface area contributed by atoms with Crippen LogP contribution in [0.15, 0.2) is 18.2 Å². The van der Waals surface area contributed by atoms with Crippen LogP contribution in [0.2, 0.25) is 5.02 Å². The van der Waals surface area contributed by atoms with Gasteiger partial charge in [-0.05, 0) is 30.2 Å². The van der Waals surface area contributed by atoms with Crippen LogP contribution < -0.4 is 0 Å². The van der Waals surface area contributed by atoms with Gasteiger partial charge < -0.3 is 0 Å². The molecule has 0 saturated carbocycles. The van der Waals surface area contributed by atoms with E-state index < -0.39 is 0 Å². The Bertz CT molecular complexity index is 212. The molecule has 2 heteroatoms. The predicted octanol–water partition coefficient (Wildman–Crippen LogP) is 3.04. The second-order valence-corrected chi connectivity index (χ2v) is 2.57. The van der Waals surface area contributed by atoms with Crippen LogP contribution in [-0.4, -0.2) is 0 Å². The Balaban J connectivity index is 3.06. The molecule has 0 radical (unpaired) electrons. The first-order valence-electron chi connectivity index (χ1n) is 3.17. The highest BCUT2D eigenvalue weighted by atomic mass is 35.5. The molecule has 1 aromatic carbocycles. The van der Waals surface area contributed by atoms with Gasteiger partial charge in [-0.1, -0.05) is 18.5 Å². The van der Waals surface area contributed by atoms with Crippen molar-refractivity contribution >= 4 is 11.6 Å². The third kappa shape index (κ3) is 1.71. The molecule has 0 aromatic heterocycles. The standard InChI is InChI=1S/C8H8ClF/c1-2-6-3-7(9)5-8(10)4-6/h3-5H,2H2,1H3. The molecule has 0 heterocycles. The van der Waals surface area contributed by atoms with Gasteiger partial charge in [0.1, 0.15) is 5.82 Å². The van der Waals surface area contributed by atoms with Crippen LogP contribution in [0, 0.1) is 5.82 Å². The molecule has 0 nitrogen and oxygen atoms in total. The van der Waals surface area contributed by atoms with E-state index in [-0.39, 0.29) is 5.82 Å². The highest BCUT2D eigenvalue weighted by Crippen LogP contribution is 2.13. The van der Waals surface area contributed by atoms with E-state index in [1.165, 1.54) is 12.1 Å². The molecule has 0 aliphatic heterocycles. The molecule has 0 fully saturated rings. The van der Waals surface area contributed by atoms with Crippen molar-refractivity contribution in [2.75, 3.05) is 0 Å². The maximum absolute atomic E-state index is 12.5. The van der Waals surface area contributed by atoms with Crippen LogP contribution >= 0.6 is 11.6 Å². The fourth-order valence-corrected chi connectivity index (χ4v) is 1.06. The van der Waals surface area contributed by atoms with Crippen LogP contribution in [0.25, 0.3) is 0 Å². The predicted molar refractivity (Wildman–Crippen MR) is 40.8 cm³/mol. The summed E-state index contributed by atoms with van der Waals surface area (Å²) in [4.78, 5) is 0. The zero-order chi connectivity index (χ0) is 7.56. The summed E-state index contributed by atoms with van der Waals surface area (Å²) in [6, 6.07) is 4.57. The molecular weight excluding hydrogens is 151 g/mol. The molecule has 0 atom stereocenters. The molecule has 0 aliphatic carbocycles. The van der Waals surface area contributed by atoms with Gasteiger partial charge in [0.15, 0.2) is 0 Å². The van der Waals surface area contributed by atoms with E-state index in [4.69, 9.17) is 11.6 Å².